The average Bonchev–Trinajstić information content (AvgIpc) is 3.18. The number of hydrogen-bond acceptors (Lipinski definition) is 8. The molecule has 0 spiro atoms. The number of thiophene rings is 1. The van der Waals surface area contributed by atoms with Gasteiger partial charge in [0, 0.05) is 21.2 Å². The van der Waals surface area contributed by atoms with E-state index in [-0.39, 0.29) is 15.9 Å². The quantitative estimate of drug-likeness (QED) is 0.258. The van der Waals surface area contributed by atoms with E-state index in [1.165, 1.54) is 30.6 Å². The molecule has 0 aliphatic rings. The van der Waals surface area contributed by atoms with E-state index in [0.29, 0.717) is 16.5 Å². The van der Waals surface area contributed by atoms with Crippen molar-refractivity contribution in [2.24, 2.45) is 0 Å². The van der Waals surface area contributed by atoms with Gasteiger partial charge in [-0.25, -0.2) is 18.4 Å². The van der Waals surface area contributed by atoms with E-state index in [2.05, 4.69) is 30.2 Å². The van der Waals surface area contributed by atoms with Crippen molar-refractivity contribution in [3.05, 3.63) is 82.0 Å². The van der Waals surface area contributed by atoms with Crippen molar-refractivity contribution >= 4 is 72.1 Å². The molecule has 3 heterocycles. The van der Waals surface area contributed by atoms with Crippen molar-refractivity contribution in [2.75, 3.05) is 10.0 Å². The van der Waals surface area contributed by atoms with Crippen LogP contribution in [0.25, 0.3) is 21.3 Å². The lowest BCUT2D eigenvalue weighted by atomic mass is 10.0. The van der Waals surface area contributed by atoms with Gasteiger partial charge in [0.05, 0.1) is 10.3 Å². The molecule has 2 N–H and O–H groups in total. The summed E-state index contributed by atoms with van der Waals surface area (Å²) < 4.78 is 27.8. The van der Waals surface area contributed by atoms with Gasteiger partial charge in [0.2, 0.25) is 0 Å². The van der Waals surface area contributed by atoms with E-state index < -0.39 is 10.0 Å². The number of benzene rings is 2. The largest absolute Gasteiger partial charge is 0.340 e. The molecule has 0 amide bonds. The number of nitrogens with one attached hydrogen (secondary N) is 2. The fourth-order valence-electron chi connectivity index (χ4n) is 3.52. The molecule has 2 aromatic carbocycles. The number of rotatable bonds is 6. The second kappa shape index (κ2) is 9.38. The third-order valence-electron chi connectivity index (χ3n) is 5.10. The summed E-state index contributed by atoms with van der Waals surface area (Å²) in [7, 11) is -3.85. The maximum atomic E-state index is 12.7. The molecular weight excluding hydrogens is 527 g/mol. The van der Waals surface area contributed by atoms with Gasteiger partial charge >= 0.3 is 0 Å². The smallest absolute Gasteiger partial charge is 0.263 e. The Morgan fingerprint density at radius 1 is 0.886 bits per heavy atom. The predicted octanol–water partition coefficient (Wildman–Crippen LogP) is 6.31. The SMILES string of the molecule is Cc1sc2ncnc(Nc3ccc(S(=O)(=O)Nc4ccc(Cl)nn4)cc3)c2c1-c1ccc(Cl)cc1. The van der Waals surface area contributed by atoms with E-state index in [1.807, 2.05) is 31.2 Å². The van der Waals surface area contributed by atoms with Crippen LogP contribution in [-0.2, 0) is 10.0 Å². The highest BCUT2D eigenvalue weighted by Crippen LogP contribution is 2.41. The Kier molecular flexibility index (Phi) is 6.28. The van der Waals surface area contributed by atoms with Gasteiger partial charge in [0.15, 0.2) is 11.0 Å². The summed E-state index contributed by atoms with van der Waals surface area (Å²) >= 11 is 13.4. The number of sulfonamides is 1. The van der Waals surface area contributed by atoms with Gasteiger partial charge in [0.1, 0.15) is 17.0 Å². The predicted molar refractivity (Wildman–Crippen MR) is 140 cm³/mol. The van der Waals surface area contributed by atoms with Crippen LogP contribution in [0.2, 0.25) is 10.2 Å². The molecule has 0 saturated heterocycles. The number of fused-ring (bicyclic) bond motifs is 1. The molecule has 0 aliphatic heterocycles. The molecule has 8 nitrogen and oxygen atoms in total. The number of aromatic nitrogens is 4. The lowest BCUT2D eigenvalue weighted by molar-refractivity contribution is 0.601. The van der Waals surface area contributed by atoms with E-state index >= 15 is 0 Å². The zero-order valence-electron chi connectivity index (χ0n) is 18.0. The molecule has 176 valence electrons. The maximum Gasteiger partial charge on any atom is 0.263 e. The van der Waals surface area contributed by atoms with Crippen LogP contribution < -0.4 is 10.0 Å². The Morgan fingerprint density at radius 2 is 1.63 bits per heavy atom. The van der Waals surface area contributed by atoms with E-state index in [0.717, 1.165) is 26.2 Å². The first-order chi connectivity index (χ1) is 16.8. The molecule has 5 aromatic rings. The fraction of sp³-hybridized carbons (Fsp3) is 0.0435. The first-order valence-corrected chi connectivity index (χ1v) is 13.2. The van der Waals surface area contributed by atoms with Crippen molar-refractivity contribution in [3.63, 3.8) is 0 Å². The van der Waals surface area contributed by atoms with Gasteiger partial charge in [-0.15, -0.1) is 21.5 Å². The minimum absolute atomic E-state index is 0.0702. The summed E-state index contributed by atoms with van der Waals surface area (Å²) in [6.07, 6.45) is 1.50. The van der Waals surface area contributed by atoms with Crippen molar-refractivity contribution < 1.29 is 8.42 Å². The third kappa shape index (κ3) is 4.92. The van der Waals surface area contributed by atoms with Crippen molar-refractivity contribution in [1.82, 2.24) is 20.2 Å². The van der Waals surface area contributed by atoms with Crippen LogP contribution in [0.1, 0.15) is 4.88 Å². The van der Waals surface area contributed by atoms with Crippen LogP contribution in [0.5, 0.6) is 0 Å². The normalized spacial score (nSPS) is 11.5. The molecule has 5 rings (SSSR count). The minimum Gasteiger partial charge on any atom is -0.340 e. The lowest BCUT2D eigenvalue weighted by Gasteiger charge is -2.11. The Labute approximate surface area is 215 Å². The molecule has 0 fully saturated rings. The molecule has 0 bridgehead atoms. The summed E-state index contributed by atoms with van der Waals surface area (Å²) in [5, 5.41) is 12.4. The van der Waals surface area contributed by atoms with Gasteiger partial charge in [0.25, 0.3) is 10.0 Å². The number of aryl methyl sites for hydroxylation is 1. The van der Waals surface area contributed by atoms with Crippen molar-refractivity contribution in [1.29, 1.82) is 0 Å². The monoisotopic (exact) mass is 542 g/mol. The van der Waals surface area contributed by atoms with E-state index in [4.69, 9.17) is 23.2 Å². The zero-order chi connectivity index (χ0) is 24.6. The summed E-state index contributed by atoms with van der Waals surface area (Å²) in [5.74, 6) is 0.692. The molecule has 0 saturated carbocycles. The van der Waals surface area contributed by atoms with Gasteiger partial charge in [-0.05, 0) is 61.0 Å². The maximum absolute atomic E-state index is 12.7. The minimum atomic E-state index is -3.85. The van der Waals surface area contributed by atoms with Crippen LogP contribution >= 0.6 is 34.5 Å². The summed E-state index contributed by atoms with van der Waals surface area (Å²) in [4.78, 5) is 10.9. The molecule has 0 aliphatic carbocycles. The number of anilines is 3. The highest BCUT2D eigenvalue weighted by atomic mass is 35.5. The summed E-state index contributed by atoms with van der Waals surface area (Å²) in [6.45, 7) is 2.04. The summed E-state index contributed by atoms with van der Waals surface area (Å²) in [5.41, 5.74) is 2.70. The molecule has 0 radical (unpaired) electrons. The first kappa shape index (κ1) is 23.4. The highest BCUT2D eigenvalue weighted by Gasteiger charge is 2.18. The Morgan fingerprint density at radius 3 is 2.31 bits per heavy atom. The van der Waals surface area contributed by atoms with E-state index in [9.17, 15) is 8.42 Å². The molecular formula is C23H16Cl2N6O2S2. The van der Waals surface area contributed by atoms with Crippen LogP contribution in [0, 0.1) is 6.92 Å². The third-order valence-corrected chi connectivity index (χ3v) is 7.93. The van der Waals surface area contributed by atoms with Gasteiger partial charge in [-0.3, -0.25) is 4.72 Å². The van der Waals surface area contributed by atoms with Gasteiger partial charge in [-0.1, -0.05) is 35.3 Å². The summed E-state index contributed by atoms with van der Waals surface area (Å²) in [6, 6.07) is 16.8. The Balaban J connectivity index is 1.45. The first-order valence-electron chi connectivity index (χ1n) is 10.2. The standard InChI is InChI=1S/C23H16Cl2N6O2S2/c1-13-20(14-2-4-15(24)5-3-14)21-22(26-12-27-23(21)34-13)28-16-6-8-17(9-7-16)35(32,33)31-19-11-10-18(25)29-30-19/h2-12H,1H3,(H,30,31)(H,26,27,28). The Bertz CT molecular complexity index is 1620. The van der Waals surface area contributed by atoms with Crippen LogP contribution in [0.4, 0.5) is 17.3 Å². The van der Waals surface area contributed by atoms with Crippen LogP contribution in [0.15, 0.2) is 71.9 Å². The number of nitrogens with zero attached hydrogens (tertiary/aromatic N) is 4. The molecule has 0 unspecified atom stereocenters. The zero-order valence-corrected chi connectivity index (χ0v) is 21.2. The van der Waals surface area contributed by atoms with Crippen LogP contribution in [0.3, 0.4) is 0 Å². The highest BCUT2D eigenvalue weighted by molar-refractivity contribution is 7.92. The number of halogens is 2. The molecule has 3 aromatic heterocycles. The molecule has 12 heteroatoms. The lowest BCUT2D eigenvalue weighted by Crippen LogP contribution is -2.14. The fourth-order valence-corrected chi connectivity index (χ4v) is 5.76. The van der Waals surface area contributed by atoms with Crippen molar-refractivity contribution in [2.45, 2.75) is 11.8 Å². The second-order valence-electron chi connectivity index (χ2n) is 7.44. The second-order valence-corrected chi connectivity index (χ2v) is 11.1. The average molecular weight is 543 g/mol. The molecule has 0 atom stereocenters. The van der Waals surface area contributed by atoms with E-state index in [1.54, 1.807) is 23.5 Å². The molecule has 35 heavy (non-hydrogen) atoms. The van der Waals surface area contributed by atoms with Gasteiger partial charge < -0.3 is 5.32 Å². The number of hydrogen-bond donors (Lipinski definition) is 2. The van der Waals surface area contributed by atoms with Crippen LogP contribution in [-0.4, -0.2) is 28.6 Å². The van der Waals surface area contributed by atoms with Gasteiger partial charge in [-0.2, -0.15) is 0 Å². The Hall–Kier alpha value is -3.31. The van der Waals surface area contributed by atoms with Crippen molar-refractivity contribution in [3.8, 4) is 11.1 Å². The topological polar surface area (TPSA) is 110 Å².